The molecule has 0 fully saturated rings. The fourth-order valence-corrected chi connectivity index (χ4v) is 2.67. The molecule has 0 aliphatic heterocycles. The topological polar surface area (TPSA) is 55.2 Å². The summed E-state index contributed by atoms with van der Waals surface area (Å²) < 4.78 is 10.9. The zero-order valence-electron chi connectivity index (χ0n) is 11.5. The number of hydrogen-bond donors (Lipinski definition) is 1. The Morgan fingerprint density at radius 3 is 2.86 bits per heavy atom. The van der Waals surface area contributed by atoms with Crippen molar-refractivity contribution in [1.29, 1.82) is 0 Å². The Morgan fingerprint density at radius 2 is 2.00 bits per heavy atom. The molecule has 0 aliphatic carbocycles. The van der Waals surface area contributed by atoms with E-state index in [-0.39, 0.29) is 5.97 Å². The largest absolute Gasteiger partial charge is 0.461 e. The number of para-hydroxylation sites is 1. The van der Waals surface area contributed by atoms with Crippen LogP contribution in [0, 0.1) is 0 Å². The minimum atomic E-state index is -0.338. The molecule has 4 rings (SSSR count). The number of furan rings is 1. The first kappa shape index (κ1) is 12.0. The second kappa shape index (κ2) is 4.38. The van der Waals surface area contributed by atoms with Crippen LogP contribution in [0.25, 0.3) is 32.8 Å². The van der Waals surface area contributed by atoms with Crippen molar-refractivity contribution in [3.8, 4) is 0 Å². The second-order valence-corrected chi connectivity index (χ2v) is 4.94. The molecule has 4 heteroatoms. The summed E-state index contributed by atoms with van der Waals surface area (Å²) >= 11 is 0. The molecule has 0 amide bonds. The quantitative estimate of drug-likeness (QED) is 0.558. The lowest BCUT2D eigenvalue weighted by Crippen LogP contribution is -2.04. The van der Waals surface area contributed by atoms with Gasteiger partial charge in [0.1, 0.15) is 16.9 Å². The van der Waals surface area contributed by atoms with Gasteiger partial charge in [-0.25, -0.2) is 4.79 Å². The van der Waals surface area contributed by atoms with Crippen LogP contribution in [0.5, 0.6) is 0 Å². The van der Waals surface area contributed by atoms with E-state index in [0.29, 0.717) is 12.3 Å². The van der Waals surface area contributed by atoms with E-state index in [1.807, 2.05) is 36.4 Å². The van der Waals surface area contributed by atoms with Crippen molar-refractivity contribution in [2.24, 2.45) is 0 Å². The number of aromatic nitrogens is 1. The van der Waals surface area contributed by atoms with Gasteiger partial charge in [0.25, 0.3) is 0 Å². The van der Waals surface area contributed by atoms with Gasteiger partial charge in [-0.1, -0.05) is 18.2 Å². The molecule has 1 N–H and O–H groups in total. The van der Waals surface area contributed by atoms with Gasteiger partial charge >= 0.3 is 5.97 Å². The maximum Gasteiger partial charge on any atom is 0.354 e. The van der Waals surface area contributed by atoms with Crippen molar-refractivity contribution in [3.63, 3.8) is 0 Å². The summed E-state index contributed by atoms with van der Waals surface area (Å²) in [5, 5.41) is 3.04. The van der Waals surface area contributed by atoms with E-state index in [1.165, 1.54) is 0 Å². The van der Waals surface area contributed by atoms with Crippen LogP contribution in [-0.2, 0) is 4.74 Å². The van der Waals surface area contributed by atoms with Gasteiger partial charge in [0.15, 0.2) is 0 Å². The molecule has 21 heavy (non-hydrogen) atoms. The van der Waals surface area contributed by atoms with Gasteiger partial charge in [0.2, 0.25) is 0 Å². The molecular weight excluding hydrogens is 266 g/mol. The number of fused-ring (bicyclic) bond motifs is 4. The first-order valence-electron chi connectivity index (χ1n) is 6.87. The van der Waals surface area contributed by atoms with E-state index in [0.717, 1.165) is 32.8 Å². The van der Waals surface area contributed by atoms with Crippen LogP contribution in [-0.4, -0.2) is 17.6 Å². The predicted octanol–water partition coefficient (Wildman–Crippen LogP) is 4.24. The van der Waals surface area contributed by atoms with Crippen molar-refractivity contribution >= 4 is 38.8 Å². The smallest absolute Gasteiger partial charge is 0.354 e. The van der Waals surface area contributed by atoms with Gasteiger partial charge in [-0.3, -0.25) is 0 Å². The average molecular weight is 279 g/mol. The van der Waals surface area contributed by atoms with Gasteiger partial charge in [-0.15, -0.1) is 0 Å². The summed E-state index contributed by atoms with van der Waals surface area (Å²) in [6.45, 7) is 2.15. The zero-order valence-corrected chi connectivity index (χ0v) is 11.5. The Balaban J connectivity index is 1.96. The SMILES string of the molecule is CCOC(=O)c1cc2cc3oc4ccccc4c3cc2[nH]1. The fraction of sp³-hybridized carbons (Fsp3) is 0.118. The summed E-state index contributed by atoms with van der Waals surface area (Å²) in [7, 11) is 0. The summed E-state index contributed by atoms with van der Waals surface area (Å²) in [5.74, 6) is -0.338. The molecule has 0 unspecified atom stereocenters. The molecule has 4 nitrogen and oxygen atoms in total. The summed E-state index contributed by atoms with van der Waals surface area (Å²) in [6.07, 6.45) is 0. The molecule has 0 bridgehead atoms. The number of ether oxygens (including phenoxy) is 1. The number of aromatic amines is 1. The third-order valence-electron chi connectivity index (χ3n) is 3.61. The fourth-order valence-electron chi connectivity index (χ4n) is 2.67. The molecule has 4 aromatic rings. The highest BCUT2D eigenvalue weighted by atomic mass is 16.5. The predicted molar refractivity (Wildman–Crippen MR) is 81.5 cm³/mol. The Kier molecular flexibility index (Phi) is 2.51. The van der Waals surface area contributed by atoms with E-state index in [9.17, 15) is 4.79 Å². The van der Waals surface area contributed by atoms with Crippen molar-refractivity contribution < 1.29 is 13.9 Å². The Labute approximate surface area is 120 Å². The zero-order chi connectivity index (χ0) is 14.4. The first-order valence-corrected chi connectivity index (χ1v) is 6.87. The molecule has 0 aliphatic rings. The third-order valence-corrected chi connectivity index (χ3v) is 3.61. The monoisotopic (exact) mass is 279 g/mol. The number of H-pyrrole nitrogens is 1. The van der Waals surface area contributed by atoms with Crippen molar-refractivity contribution in [1.82, 2.24) is 4.98 Å². The number of rotatable bonds is 2. The molecule has 0 atom stereocenters. The number of carbonyl (C=O) groups excluding carboxylic acids is 1. The van der Waals surface area contributed by atoms with Crippen LogP contribution < -0.4 is 0 Å². The second-order valence-electron chi connectivity index (χ2n) is 4.94. The van der Waals surface area contributed by atoms with Crippen LogP contribution in [0.2, 0.25) is 0 Å². The van der Waals surface area contributed by atoms with Crippen LogP contribution in [0.15, 0.2) is 46.9 Å². The molecule has 2 aromatic heterocycles. The Morgan fingerprint density at radius 1 is 1.14 bits per heavy atom. The van der Waals surface area contributed by atoms with Crippen molar-refractivity contribution in [3.05, 3.63) is 48.2 Å². The average Bonchev–Trinajstić information content (AvgIpc) is 3.05. The lowest BCUT2D eigenvalue weighted by atomic mass is 10.1. The van der Waals surface area contributed by atoms with Crippen molar-refractivity contribution in [2.45, 2.75) is 6.92 Å². The Bertz CT molecular complexity index is 978. The summed E-state index contributed by atoms with van der Waals surface area (Å²) in [4.78, 5) is 14.9. The highest BCUT2D eigenvalue weighted by Gasteiger charge is 2.13. The van der Waals surface area contributed by atoms with E-state index < -0.39 is 0 Å². The molecule has 0 radical (unpaired) electrons. The van der Waals surface area contributed by atoms with E-state index in [4.69, 9.17) is 9.15 Å². The maximum atomic E-state index is 11.8. The molecular formula is C17H13NO3. The van der Waals surface area contributed by atoms with Crippen LogP contribution in [0.3, 0.4) is 0 Å². The molecule has 2 aromatic carbocycles. The highest BCUT2D eigenvalue weighted by molar-refractivity contribution is 6.10. The number of benzene rings is 2. The molecule has 104 valence electrons. The lowest BCUT2D eigenvalue weighted by molar-refractivity contribution is 0.0520. The summed E-state index contributed by atoms with van der Waals surface area (Å²) in [5.41, 5.74) is 3.05. The first-order chi connectivity index (χ1) is 10.3. The number of nitrogens with one attached hydrogen (secondary N) is 1. The van der Waals surface area contributed by atoms with Crippen LogP contribution >= 0.6 is 0 Å². The molecule has 0 spiro atoms. The maximum absolute atomic E-state index is 11.8. The number of carbonyl (C=O) groups is 1. The number of hydrogen-bond acceptors (Lipinski definition) is 3. The number of esters is 1. The van der Waals surface area contributed by atoms with E-state index in [2.05, 4.69) is 4.98 Å². The Hall–Kier alpha value is -2.75. The third kappa shape index (κ3) is 1.80. The highest BCUT2D eigenvalue weighted by Crippen LogP contribution is 2.32. The normalized spacial score (nSPS) is 11.5. The molecule has 0 saturated carbocycles. The van der Waals surface area contributed by atoms with Crippen LogP contribution in [0.4, 0.5) is 0 Å². The van der Waals surface area contributed by atoms with Crippen LogP contribution in [0.1, 0.15) is 17.4 Å². The van der Waals surface area contributed by atoms with Gasteiger partial charge in [0.05, 0.1) is 6.61 Å². The lowest BCUT2D eigenvalue weighted by Gasteiger charge is -1.96. The summed E-state index contributed by atoms with van der Waals surface area (Å²) in [6, 6.07) is 13.7. The van der Waals surface area contributed by atoms with E-state index >= 15 is 0 Å². The van der Waals surface area contributed by atoms with Gasteiger partial charge in [-0.2, -0.15) is 0 Å². The van der Waals surface area contributed by atoms with Gasteiger partial charge in [0, 0.05) is 21.7 Å². The van der Waals surface area contributed by atoms with Gasteiger partial charge < -0.3 is 14.1 Å². The van der Waals surface area contributed by atoms with Gasteiger partial charge in [-0.05, 0) is 31.2 Å². The standard InChI is InChI=1S/C17H13NO3/c1-2-20-17(19)14-7-10-8-16-12(9-13(10)18-14)11-5-3-4-6-15(11)21-16/h3-9,18H,2H2,1H3. The van der Waals surface area contributed by atoms with E-state index in [1.54, 1.807) is 13.0 Å². The molecule has 2 heterocycles. The minimum absolute atomic E-state index is 0.338. The van der Waals surface area contributed by atoms with Crippen molar-refractivity contribution in [2.75, 3.05) is 6.61 Å². The minimum Gasteiger partial charge on any atom is -0.461 e. The molecule has 0 saturated heterocycles.